The van der Waals surface area contributed by atoms with Gasteiger partial charge in [0.25, 0.3) is 0 Å². The largest absolute Gasteiger partial charge is 0.481 e. The molecule has 1 atom stereocenters. The van der Waals surface area contributed by atoms with Gasteiger partial charge in [-0.3, -0.25) is 4.79 Å². The minimum Gasteiger partial charge on any atom is -0.481 e. The van der Waals surface area contributed by atoms with E-state index in [1.54, 1.807) is 6.92 Å². The molecule has 5 heteroatoms. The molecule has 15 heavy (non-hydrogen) atoms. The van der Waals surface area contributed by atoms with Gasteiger partial charge in [0.15, 0.2) is 0 Å². The first kappa shape index (κ1) is 13.5. The number of carbonyl (C=O) groups is 2. The third kappa shape index (κ3) is 4.01. The summed E-state index contributed by atoms with van der Waals surface area (Å²) in [6.07, 6.45) is 0.795. The Kier molecular flexibility index (Phi) is 4.84. The van der Waals surface area contributed by atoms with Crippen LogP contribution in [0.15, 0.2) is 12.7 Å². The highest BCUT2D eigenvalue weighted by Gasteiger charge is 2.35. The predicted molar refractivity (Wildman–Crippen MR) is 55.6 cm³/mol. The molecule has 1 amide bonds. The fourth-order valence-electron chi connectivity index (χ4n) is 0.719. The highest BCUT2D eigenvalue weighted by molar-refractivity contribution is 5.76. The molecule has 0 aromatic heterocycles. The highest BCUT2D eigenvalue weighted by atomic mass is 16.5. The van der Waals surface area contributed by atoms with Crippen LogP contribution < -0.4 is 5.32 Å². The Bertz CT molecular complexity index is 260. The van der Waals surface area contributed by atoms with Crippen LogP contribution in [0.25, 0.3) is 0 Å². The van der Waals surface area contributed by atoms with E-state index in [1.807, 2.05) is 0 Å². The van der Waals surface area contributed by atoms with E-state index in [9.17, 15) is 9.59 Å². The van der Waals surface area contributed by atoms with Crippen LogP contribution in [0.3, 0.4) is 0 Å². The number of rotatable bonds is 5. The first-order valence-electron chi connectivity index (χ1n) is 4.60. The molecular weight excluding hydrogens is 198 g/mol. The zero-order chi connectivity index (χ0) is 12.1. The maximum absolute atomic E-state index is 11.1. The molecule has 0 fully saturated rings. The summed E-state index contributed by atoms with van der Waals surface area (Å²) in [5, 5.41) is 11.3. The lowest BCUT2D eigenvalue weighted by Gasteiger charge is -2.27. The van der Waals surface area contributed by atoms with Crippen molar-refractivity contribution in [2.45, 2.75) is 26.8 Å². The van der Waals surface area contributed by atoms with Gasteiger partial charge in [0.2, 0.25) is 0 Å². The van der Waals surface area contributed by atoms with Gasteiger partial charge in [-0.25, -0.2) is 4.79 Å². The van der Waals surface area contributed by atoms with Gasteiger partial charge >= 0.3 is 12.1 Å². The van der Waals surface area contributed by atoms with Gasteiger partial charge in [-0.15, -0.1) is 0 Å². The van der Waals surface area contributed by atoms with Crippen LogP contribution in [-0.4, -0.2) is 29.8 Å². The van der Waals surface area contributed by atoms with Gasteiger partial charge in [0.05, 0.1) is 5.41 Å². The molecule has 0 saturated carbocycles. The van der Waals surface area contributed by atoms with Gasteiger partial charge in [-0.05, 0) is 20.8 Å². The first-order valence-corrected chi connectivity index (χ1v) is 4.60. The lowest BCUT2D eigenvalue weighted by atomic mass is 9.86. The van der Waals surface area contributed by atoms with Gasteiger partial charge in [0.1, 0.15) is 6.61 Å². The fourth-order valence-corrected chi connectivity index (χ4v) is 0.719. The quantitative estimate of drug-likeness (QED) is 0.680. The van der Waals surface area contributed by atoms with Gasteiger partial charge in [-0.1, -0.05) is 12.7 Å². The molecule has 5 nitrogen and oxygen atoms in total. The van der Waals surface area contributed by atoms with Crippen LogP contribution in [0.1, 0.15) is 20.8 Å². The van der Waals surface area contributed by atoms with Crippen LogP contribution in [0.4, 0.5) is 4.79 Å². The molecule has 2 N–H and O–H groups in total. The van der Waals surface area contributed by atoms with E-state index in [-0.39, 0.29) is 6.61 Å². The molecule has 0 heterocycles. The Hall–Kier alpha value is -1.52. The van der Waals surface area contributed by atoms with E-state index >= 15 is 0 Å². The maximum atomic E-state index is 11.1. The number of carbonyl (C=O) groups excluding carboxylic acids is 1. The molecule has 0 bridgehead atoms. The summed E-state index contributed by atoms with van der Waals surface area (Å²) in [5.74, 6) is -0.973. The van der Waals surface area contributed by atoms with E-state index in [1.165, 1.54) is 19.9 Å². The number of carboxylic acid groups (broad SMARTS) is 1. The molecule has 0 spiro atoms. The molecule has 86 valence electrons. The second-order valence-corrected chi connectivity index (χ2v) is 3.78. The molecular formula is C10H17NO4. The predicted octanol–water partition coefficient (Wildman–Crippen LogP) is 1.40. The lowest BCUT2D eigenvalue weighted by Crippen LogP contribution is -2.47. The molecule has 0 rings (SSSR count). The second-order valence-electron chi connectivity index (χ2n) is 3.78. The Morgan fingerprint density at radius 1 is 1.60 bits per heavy atom. The summed E-state index contributed by atoms with van der Waals surface area (Å²) in [6, 6.07) is -0.521. The maximum Gasteiger partial charge on any atom is 0.407 e. The number of hydrogen-bond acceptors (Lipinski definition) is 3. The van der Waals surface area contributed by atoms with Crippen LogP contribution in [0.5, 0.6) is 0 Å². The van der Waals surface area contributed by atoms with E-state index in [0.717, 1.165) is 0 Å². The Labute approximate surface area is 89.1 Å². The first-order chi connectivity index (χ1) is 6.82. The topological polar surface area (TPSA) is 75.6 Å². The average molecular weight is 215 g/mol. The number of carboxylic acids is 1. The fraction of sp³-hybridized carbons (Fsp3) is 0.600. The van der Waals surface area contributed by atoms with E-state index < -0.39 is 23.5 Å². The van der Waals surface area contributed by atoms with Crippen molar-refractivity contribution in [3.63, 3.8) is 0 Å². The van der Waals surface area contributed by atoms with E-state index in [0.29, 0.717) is 0 Å². The monoisotopic (exact) mass is 215 g/mol. The van der Waals surface area contributed by atoms with Crippen molar-refractivity contribution < 1.29 is 19.4 Å². The van der Waals surface area contributed by atoms with Gasteiger partial charge < -0.3 is 15.2 Å². The normalized spacial score (nSPS) is 12.7. The van der Waals surface area contributed by atoms with Crippen molar-refractivity contribution in [2.75, 3.05) is 6.61 Å². The van der Waals surface area contributed by atoms with Crippen LogP contribution >= 0.6 is 0 Å². The third-order valence-corrected chi connectivity index (χ3v) is 2.30. The van der Waals surface area contributed by atoms with Crippen LogP contribution in [0, 0.1) is 5.41 Å². The summed E-state index contributed by atoms with van der Waals surface area (Å²) in [6.45, 7) is 8.18. The van der Waals surface area contributed by atoms with Gasteiger partial charge in [0, 0.05) is 6.04 Å². The molecule has 0 unspecified atom stereocenters. The second kappa shape index (κ2) is 5.38. The molecule has 0 aliphatic heterocycles. The molecule has 0 aliphatic carbocycles. The van der Waals surface area contributed by atoms with E-state index in [4.69, 9.17) is 5.11 Å². The van der Waals surface area contributed by atoms with Crippen molar-refractivity contribution in [1.82, 2.24) is 5.32 Å². The van der Waals surface area contributed by atoms with Crippen LogP contribution in [-0.2, 0) is 9.53 Å². The number of hydrogen-bond donors (Lipinski definition) is 2. The third-order valence-electron chi connectivity index (χ3n) is 2.30. The Morgan fingerprint density at radius 3 is 2.53 bits per heavy atom. The van der Waals surface area contributed by atoms with Gasteiger partial charge in [-0.2, -0.15) is 0 Å². The summed E-state index contributed by atoms with van der Waals surface area (Å²) in [5.41, 5.74) is -1.03. The van der Waals surface area contributed by atoms with E-state index in [2.05, 4.69) is 16.6 Å². The number of ether oxygens (including phenoxy) is 1. The average Bonchev–Trinajstić information content (AvgIpc) is 2.14. The molecule has 0 aromatic carbocycles. The Balaban J connectivity index is 4.23. The summed E-state index contributed by atoms with van der Waals surface area (Å²) >= 11 is 0. The smallest absolute Gasteiger partial charge is 0.407 e. The number of amides is 1. The highest BCUT2D eigenvalue weighted by Crippen LogP contribution is 2.20. The summed E-state index contributed by atoms with van der Waals surface area (Å²) in [7, 11) is 0. The SMILES string of the molecule is C=CCOC(=O)N[C@@H](C)C(C)(C)C(=O)O. The van der Waals surface area contributed by atoms with Crippen molar-refractivity contribution in [2.24, 2.45) is 5.41 Å². The molecule has 0 radical (unpaired) electrons. The summed E-state index contributed by atoms with van der Waals surface area (Å²) < 4.78 is 4.68. The van der Waals surface area contributed by atoms with Crippen molar-refractivity contribution in [3.05, 3.63) is 12.7 Å². The van der Waals surface area contributed by atoms with Crippen molar-refractivity contribution in [1.29, 1.82) is 0 Å². The zero-order valence-corrected chi connectivity index (χ0v) is 9.24. The minimum atomic E-state index is -1.03. The number of alkyl carbamates (subject to hydrolysis) is 1. The lowest BCUT2D eigenvalue weighted by molar-refractivity contribution is -0.148. The van der Waals surface area contributed by atoms with Crippen molar-refractivity contribution in [3.8, 4) is 0 Å². The van der Waals surface area contributed by atoms with Crippen LogP contribution in [0.2, 0.25) is 0 Å². The molecule has 0 saturated heterocycles. The van der Waals surface area contributed by atoms with Crippen molar-refractivity contribution >= 4 is 12.1 Å². The zero-order valence-electron chi connectivity index (χ0n) is 9.24. The standard InChI is InChI=1S/C10H17NO4/c1-5-6-15-9(14)11-7(2)10(3,4)8(12)13/h5,7H,1,6H2,2-4H3,(H,11,14)(H,12,13)/t7-/m0/s1. The minimum absolute atomic E-state index is 0.103. The number of aliphatic carboxylic acids is 1. The summed E-state index contributed by atoms with van der Waals surface area (Å²) in [4.78, 5) is 22.0. The Morgan fingerprint density at radius 2 is 2.13 bits per heavy atom. The molecule has 0 aromatic rings. The molecule has 0 aliphatic rings. The number of nitrogens with one attached hydrogen (secondary N) is 1.